The van der Waals surface area contributed by atoms with Gasteiger partial charge in [-0.15, -0.1) is 0 Å². The summed E-state index contributed by atoms with van der Waals surface area (Å²) in [4.78, 5) is 12.0. The summed E-state index contributed by atoms with van der Waals surface area (Å²) in [7, 11) is 0. The van der Waals surface area contributed by atoms with Gasteiger partial charge < -0.3 is 5.84 Å². The molecule has 0 aliphatic heterocycles. The minimum absolute atomic E-state index is 0.114. The number of rotatable bonds is 1. The molecular weight excluding hydrogens is 319 g/mol. The third-order valence-corrected chi connectivity index (χ3v) is 3.71. The van der Waals surface area contributed by atoms with Crippen molar-refractivity contribution in [2.24, 2.45) is 0 Å². The molecule has 4 nitrogen and oxygen atoms in total. The molecule has 0 radical (unpaired) electrons. The quantitative estimate of drug-likeness (QED) is 0.697. The van der Waals surface area contributed by atoms with Crippen LogP contribution in [-0.4, -0.2) is 4.68 Å². The van der Waals surface area contributed by atoms with Gasteiger partial charge in [0.25, 0.3) is 5.56 Å². The minimum atomic E-state index is -4.83. The van der Waals surface area contributed by atoms with E-state index in [1.54, 1.807) is 30.3 Å². The normalized spacial score (nSPS) is 11.4. The fourth-order valence-corrected chi connectivity index (χ4v) is 2.53. The summed E-state index contributed by atoms with van der Waals surface area (Å²) in [5.41, 5.74) is -3.26. The highest BCUT2D eigenvalue weighted by molar-refractivity contribution is 5.87. The van der Waals surface area contributed by atoms with Crippen LogP contribution in [-0.2, 0) is 6.18 Å². The molecule has 1 aromatic heterocycles. The zero-order valence-electron chi connectivity index (χ0n) is 12.1. The van der Waals surface area contributed by atoms with Crippen molar-refractivity contribution in [2.75, 3.05) is 5.84 Å². The molecule has 0 saturated carbocycles. The second-order valence-corrected chi connectivity index (χ2v) is 5.16. The van der Waals surface area contributed by atoms with E-state index in [0.29, 0.717) is 10.2 Å². The van der Waals surface area contributed by atoms with E-state index in [4.69, 9.17) is 11.1 Å². The van der Waals surface area contributed by atoms with Gasteiger partial charge in [-0.3, -0.25) is 4.79 Å². The molecule has 3 rings (SSSR count). The fourth-order valence-electron chi connectivity index (χ4n) is 2.53. The molecule has 0 atom stereocenters. The van der Waals surface area contributed by atoms with Gasteiger partial charge in [-0.2, -0.15) is 18.4 Å². The highest BCUT2D eigenvalue weighted by Crippen LogP contribution is 2.33. The van der Waals surface area contributed by atoms with Crippen molar-refractivity contribution in [3.8, 4) is 17.3 Å². The molecule has 0 fully saturated rings. The van der Waals surface area contributed by atoms with Crippen LogP contribution in [0.15, 0.2) is 53.3 Å². The van der Waals surface area contributed by atoms with Crippen molar-refractivity contribution < 1.29 is 13.2 Å². The number of nitrogens with zero attached hydrogens (tertiary/aromatic N) is 2. The van der Waals surface area contributed by atoms with E-state index >= 15 is 0 Å². The average molecular weight is 329 g/mol. The lowest BCUT2D eigenvalue weighted by molar-refractivity contribution is -0.137. The van der Waals surface area contributed by atoms with E-state index < -0.39 is 22.9 Å². The average Bonchev–Trinajstić information content (AvgIpc) is 2.55. The highest BCUT2D eigenvalue weighted by Gasteiger charge is 2.36. The maximum Gasteiger partial charge on any atom is 0.417 e. The van der Waals surface area contributed by atoms with Crippen molar-refractivity contribution in [2.45, 2.75) is 6.18 Å². The Kier molecular flexibility index (Phi) is 3.53. The van der Waals surface area contributed by atoms with Gasteiger partial charge in [-0.25, -0.2) is 4.68 Å². The molecule has 24 heavy (non-hydrogen) atoms. The Hall–Kier alpha value is -3.27. The minimum Gasteiger partial charge on any atom is -0.336 e. The number of hydrogen-bond acceptors (Lipinski definition) is 3. The SMILES string of the molecule is N#Cc1c(C(F)(F)F)cc(-c2ccc3ccccc3c2)n(N)c1=O. The number of nitriles is 1. The second kappa shape index (κ2) is 5.42. The summed E-state index contributed by atoms with van der Waals surface area (Å²) in [6.45, 7) is 0. The molecule has 0 bridgehead atoms. The molecule has 0 aliphatic rings. The van der Waals surface area contributed by atoms with Gasteiger partial charge in [0, 0.05) is 5.56 Å². The van der Waals surface area contributed by atoms with Crippen LogP contribution in [0.1, 0.15) is 11.1 Å². The summed E-state index contributed by atoms with van der Waals surface area (Å²) in [5.74, 6) is 5.63. The Bertz CT molecular complexity index is 1050. The predicted octanol–water partition coefficient (Wildman–Crippen LogP) is 3.27. The van der Waals surface area contributed by atoms with E-state index in [0.717, 1.165) is 16.8 Å². The molecule has 0 unspecified atom stereocenters. The predicted molar refractivity (Wildman–Crippen MR) is 83.5 cm³/mol. The first kappa shape index (κ1) is 15.6. The maximum absolute atomic E-state index is 13.2. The van der Waals surface area contributed by atoms with Crippen LogP contribution in [0.5, 0.6) is 0 Å². The van der Waals surface area contributed by atoms with Crippen LogP contribution >= 0.6 is 0 Å². The van der Waals surface area contributed by atoms with Crippen molar-refractivity contribution in [1.82, 2.24) is 4.68 Å². The smallest absolute Gasteiger partial charge is 0.336 e. The first-order valence-corrected chi connectivity index (χ1v) is 6.84. The molecule has 0 saturated heterocycles. The summed E-state index contributed by atoms with van der Waals surface area (Å²) < 4.78 is 40.0. The molecule has 0 spiro atoms. The van der Waals surface area contributed by atoms with Crippen LogP contribution in [0.2, 0.25) is 0 Å². The van der Waals surface area contributed by atoms with E-state index in [9.17, 15) is 18.0 Å². The number of benzene rings is 2. The number of nitrogen functional groups attached to an aromatic ring is 1. The maximum atomic E-state index is 13.2. The standard InChI is InChI=1S/C17H10F3N3O/c18-17(19,20)14-8-15(23(22)16(24)13(14)9-21)12-6-5-10-3-1-2-4-11(10)7-12/h1-8H,22H2. The highest BCUT2D eigenvalue weighted by atomic mass is 19.4. The van der Waals surface area contributed by atoms with Crippen LogP contribution in [0.3, 0.4) is 0 Å². The summed E-state index contributed by atoms with van der Waals surface area (Å²) in [6.07, 6.45) is -4.83. The summed E-state index contributed by atoms with van der Waals surface area (Å²) in [5, 5.41) is 10.6. The van der Waals surface area contributed by atoms with Crippen molar-refractivity contribution in [1.29, 1.82) is 5.26 Å². The number of fused-ring (bicyclic) bond motifs is 1. The van der Waals surface area contributed by atoms with Gasteiger partial charge in [-0.05, 0) is 22.9 Å². The molecular formula is C17H10F3N3O. The molecule has 2 N–H and O–H groups in total. The van der Waals surface area contributed by atoms with Crippen LogP contribution in [0.4, 0.5) is 13.2 Å². The zero-order chi connectivity index (χ0) is 17.5. The largest absolute Gasteiger partial charge is 0.417 e. The van der Waals surface area contributed by atoms with Gasteiger partial charge >= 0.3 is 6.18 Å². The molecule has 120 valence electrons. The van der Waals surface area contributed by atoms with Gasteiger partial charge in [0.1, 0.15) is 11.6 Å². The topological polar surface area (TPSA) is 71.8 Å². The molecule has 0 aliphatic carbocycles. The summed E-state index contributed by atoms with van der Waals surface area (Å²) in [6, 6.07) is 14.2. The molecule has 7 heteroatoms. The fraction of sp³-hybridized carbons (Fsp3) is 0.0588. The van der Waals surface area contributed by atoms with Gasteiger partial charge in [-0.1, -0.05) is 36.4 Å². The van der Waals surface area contributed by atoms with E-state index in [2.05, 4.69) is 0 Å². The van der Waals surface area contributed by atoms with Crippen LogP contribution in [0.25, 0.3) is 22.0 Å². The van der Waals surface area contributed by atoms with Gasteiger partial charge in [0.2, 0.25) is 0 Å². The molecule has 0 amide bonds. The lowest BCUT2D eigenvalue weighted by Gasteiger charge is -2.14. The Morgan fingerprint density at radius 3 is 2.33 bits per heavy atom. The summed E-state index contributed by atoms with van der Waals surface area (Å²) >= 11 is 0. The monoisotopic (exact) mass is 329 g/mol. The Morgan fingerprint density at radius 2 is 1.71 bits per heavy atom. The van der Waals surface area contributed by atoms with E-state index in [1.165, 1.54) is 6.07 Å². The van der Waals surface area contributed by atoms with Crippen molar-refractivity contribution in [3.05, 3.63) is 70.0 Å². The Morgan fingerprint density at radius 1 is 1.04 bits per heavy atom. The molecule has 3 aromatic rings. The van der Waals surface area contributed by atoms with Gasteiger partial charge in [0.05, 0.1) is 11.3 Å². The van der Waals surface area contributed by atoms with Crippen molar-refractivity contribution >= 4 is 10.8 Å². The number of alkyl halides is 3. The number of aromatic nitrogens is 1. The molecule has 1 heterocycles. The lowest BCUT2D eigenvalue weighted by Crippen LogP contribution is -2.33. The number of hydrogen-bond donors (Lipinski definition) is 1. The number of pyridine rings is 1. The van der Waals surface area contributed by atoms with Crippen LogP contribution < -0.4 is 11.4 Å². The Labute approximate surface area is 134 Å². The molecule has 2 aromatic carbocycles. The van der Waals surface area contributed by atoms with E-state index in [1.807, 2.05) is 12.1 Å². The zero-order valence-corrected chi connectivity index (χ0v) is 12.1. The lowest BCUT2D eigenvalue weighted by atomic mass is 10.0. The van der Waals surface area contributed by atoms with E-state index in [-0.39, 0.29) is 5.69 Å². The first-order valence-electron chi connectivity index (χ1n) is 6.84. The Balaban J connectivity index is 2.33. The second-order valence-electron chi connectivity index (χ2n) is 5.16. The third-order valence-electron chi connectivity index (χ3n) is 3.71. The van der Waals surface area contributed by atoms with Crippen molar-refractivity contribution in [3.63, 3.8) is 0 Å². The third kappa shape index (κ3) is 2.48. The first-order chi connectivity index (χ1) is 11.3. The van der Waals surface area contributed by atoms with Gasteiger partial charge in [0.15, 0.2) is 0 Å². The van der Waals surface area contributed by atoms with Crippen LogP contribution in [0, 0.1) is 11.3 Å². The number of nitrogens with two attached hydrogens (primary N) is 1. The number of halogens is 3.